The lowest BCUT2D eigenvalue weighted by Crippen LogP contribution is -2.51. The number of likely N-dealkylation sites (tertiary alicyclic amines) is 1. The summed E-state index contributed by atoms with van der Waals surface area (Å²) in [5.41, 5.74) is 0. The van der Waals surface area contributed by atoms with Gasteiger partial charge in [-0.15, -0.1) is 0 Å². The highest BCUT2D eigenvalue weighted by Gasteiger charge is 2.26. The van der Waals surface area contributed by atoms with E-state index >= 15 is 0 Å². The van der Waals surface area contributed by atoms with E-state index in [0.717, 1.165) is 38.7 Å². The van der Waals surface area contributed by atoms with Crippen molar-refractivity contribution in [3.05, 3.63) is 0 Å². The number of hydrogen-bond donors (Lipinski definition) is 1. The van der Waals surface area contributed by atoms with Crippen LogP contribution >= 0.6 is 0 Å². The van der Waals surface area contributed by atoms with E-state index in [1.165, 1.54) is 32.5 Å². The average Bonchev–Trinajstić information content (AvgIpc) is 2.47. The summed E-state index contributed by atoms with van der Waals surface area (Å²) in [4.78, 5) is 5.16. The highest BCUT2D eigenvalue weighted by molar-refractivity contribution is 4.80. The molecule has 0 radical (unpaired) electrons. The summed E-state index contributed by atoms with van der Waals surface area (Å²) >= 11 is 0. The maximum absolute atomic E-state index is 5.96. The number of morpholine rings is 1. The third-order valence-corrected chi connectivity index (χ3v) is 4.75. The van der Waals surface area contributed by atoms with Crippen molar-refractivity contribution in [2.75, 3.05) is 52.4 Å². The van der Waals surface area contributed by atoms with Crippen LogP contribution in [0.2, 0.25) is 0 Å². The number of piperidine rings is 1. The van der Waals surface area contributed by atoms with Gasteiger partial charge in [-0.1, -0.05) is 6.92 Å². The predicted molar refractivity (Wildman–Crippen MR) is 84.2 cm³/mol. The molecule has 0 aromatic rings. The molecule has 2 heterocycles. The van der Waals surface area contributed by atoms with E-state index in [0.29, 0.717) is 12.1 Å². The Hall–Kier alpha value is -0.160. The van der Waals surface area contributed by atoms with Gasteiger partial charge in [0, 0.05) is 25.7 Å². The molecule has 2 fully saturated rings. The minimum atomic E-state index is 0.413. The van der Waals surface area contributed by atoms with Gasteiger partial charge in [0.2, 0.25) is 0 Å². The number of hydrogen-bond acceptors (Lipinski definition) is 4. The normalized spacial score (nSPS) is 27.3. The van der Waals surface area contributed by atoms with Gasteiger partial charge in [0.25, 0.3) is 0 Å². The van der Waals surface area contributed by atoms with Gasteiger partial charge in [-0.2, -0.15) is 0 Å². The zero-order valence-electron chi connectivity index (χ0n) is 13.6. The molecule has 0 bridgehead atoms. The topological polar surface area (TPSA) is 27.7 Å². The van der Waals surface area contributed by atoms with Crippen molar-refractivity contribution in [2.24, 2.45) is 5.92 Å². The fourth-order valence-corrected chi connectivity index (χ4v) is 3.33. The van der Waals surface area contributed by atoms with Crippen LogP contribution in [0.1, 0.15) is 33.6 Å². The Morgan fingerprint density at radius 2 is 1.95 bits per heavy atom. The van der Waals surface area contributed by atoms with Gasteiger partial charge in [-0.25, -0.2) is 0 Å². The van der Waals surface area contributed by atoms with Gasteiger partial charge in [-0.3, -0.25) is 4.90 Å². The minimum Gasteiger partial charge on any atom is -0.374 e. The smallest absolute Gasteiger partial charge is 0.0829 e. The van der Waals surface area contributed by atoms with Crippen molar-refractivity contribution in [2.45, 2.75) is 45.8 Å². The fraction of sp³-hybridized carbons (Fsp3) is 1.00. The molecule has 4 nitrogen and oxygen atoms in total. The first-order valence-electron chi connectivity index (χ1n) is 8.47. The minimum absolute atomic E-state index is 0.413. The lowest BCUT2D eigenvalue weighted by molar-refractivity contribution is -0.0550. The molecule has 118 valence electrons. The molecule has 2 aliphatic heterocycles. The quantitative estimate of drug-likeness (QED) is 0.798. The number of nitrogens with zero attached hydrogens (tertiary/aromatic N) is 2. The largest absolute Gasteiger partial charge is 0.374 e. The monoisotopic (exact) mass is 283 g/mol. The van der Waals surface area contributed by atoms with Crippen LogP contribution in [0.5, 0.6) is 0 Å². The molecule has 4 heteroatoms. The zero-order valence-corrected chi connectivity index (χ0v) is 13.6. The summed E-state index contributed by atoms with van der Waals surface area (Å²) in [5.74, 6) is 0.880. The highest BCUT2D eigenvalue weighted by Crippen LogP contribution is 2.18. The van der Waals surface area contributed by atoms with Crippen LogP contribution in [-0.4, -0.2) is 74.4 Å². The van der Waals surface area contributed by atoms with E-state index < -0.39 is 0 Å². The molecule has 20 heavy (non-hydrogen) atoms. The van der Waals surface area contributed by atoms with E-state index in [1.54, 1.807) is 0 Å². The van der Waals surface area contributed by atoms with Gasteiger partial charge >= 0.3 is 0 Å². The van der Waals surface area contributed by atoms with Crippen molar-refractivity contribution >= 4 is 0 Å². The second-order valence-corrected chi connectivity index (χ2v) is 6.63. The summed E-state index contributed by atoms with van der Waals surface area (Å²) < 4.78 is 5.96. The Kier molecular flexibility index (Phi) is 6.75. The van der Waals surface area contributed by atoms with Crippen molar-refractivity contribution in [3.63, 3.8) is 0 Å². The average molecular weight is 283 g/mol. The lowest BCUT2D eigenvalue weighted by atomic mass is 9.96. The Labute approximate surface area is 124 Å². The highest BCUT2D eigenvalue weighted by atomic mass is 16.5. The Morgan fingerprint density at radius 3 is 2.60 bits per heavy atom. The Morgan fingerprint density at radius 1 is 1.20 bits per heavy atom. The Bertz CT molecular complexity index is 264. The van der Waals surface area contributed by atoms with Crippen LogP contribution < -0.4 is 5.32 Å². The summed E-state index contributed by atoms with van der Waals surface area (Å²) in [6.45, 7) is 15.8. The SMILES string of the molecule is CCNCC1CCN(CC2CN(C(C)C)CCO2)CC1. The van der Waals surface area contributed by atoms with Crippen molar-refractivity contribution in [3.8, 4) is 0 Å². The van der Waals surface area contributed by atoms with E-state index in [1.807, 2.05) is 0 Å². The van der Waals surface area contributed by atoms with Crippen molar-refractivity contribution < 1.29 is 4.74 Å². The number of rotatable bonds is 6. The van der Waals surface area contributed by atoms with Gasteiger partial charge in [0.15, 0.2) is 0 Å². The molecule has 0 amide bonds. The molecule has 0 saturated carbocycles. The van der Waals surface area contributed by atoms with Crippen LogP contribution in [0.3, 0.4) is 0 Å². The second-order valence-electron chi connectivity index (χ2n) is 6.63. The second kappa shape index (κ2) is 8.32. The van der Waals surface area contributed by atoms with E-state index in [-0.39, 0.29) is 0 Å². The van der Waals surface area contributed by atoms with E-state index in [2.05, 4.69) is 35.9 Å². The molecule has 0 aromatic heterocycles. The number of nitrogens with one attached hydrogen (secondary N) is 1. The number of ether oxygens (including phenoxy) is 1. The van der Waals surface area contributed by atoms with E-state index in [4.69, 9.17) is 4.74 Å². The first-order chi connectivity index (χ1) is 9.69. The molecule has 0 aliphatic carbocycles. The lowest BCUT2D eigenvalue weighted by Gasteiger charge is -2.39. The molecule has 2 rings (SSSR count). The molecular weight excluding hydrogens is 250 g/mol. The summed E-state index contributed by atoms with van der Waals surface area (Å²) in [5, 5.41) is 3.48. The van der Waals surface area contributed by atoms with Crippen LogP contribution in [0.15, 0.2) is 0 Å². The van der Waals surface area contributed by atoms with Gasteiger partial charge in [0.05, 0.1) is 12.7 Å². The van der Waals surface area contributed by atoms with Crippen molar-refractivity contribution in [1.82, 2.24) is 15.1 Å². The fourth-order valence-electron chi connectivity index (χ4n) is 3.33. The first kappa shape index (κ1) is 16.2. The van der Waals surface area contributed by atoms with Crippen LogP contribution in [0.4, 0.5) is 0 Å². The van der Waals surface area contributed by atoms with Gasteiger partial charge in [-0.05, 0) is 58.8 Å². The third-order valence-electron chi connectivity index (χ3n) is 4.75. The molecule has 1 unspecified atom stereocenters. The van der Waals surface area contributed by atoms with Crippen LogP contribution in [-0.2, 0) is 4.74 Å². The molecule has 1 N–H and O–H groups in total. The van der Waals surface area contributed by atoms with E-state index in [9.17, 15) is 0 Å². The predicted octanol–water partition coefficient (Wildman–Crippen LogP) is 1.42. The van der Waals surface area contributed by atoms with Gasteiger partial charge in [0.1, 0.15) is 0 Å². The molecule has 0 aromatic carbocycles. The van der Waals surface area contributed by atoms with Crippen LogP contribution in [0.25, 0.3) is 0 Å². The molecular formula is C16H33N3O. The van der Waals surface area contributed by atoms with Crippen LogP contribution in [0, 0.1) is 5.92 Å². The maximum atomic E-state index is 5.96. The van der Waals surface area contributed by atoms with Gasteiger partial charge < -0.3 is 15.0 Å². The summed E-state index contributed by atoms with van der Waals surface area (Å²) in [7, 11) is 0. The molecule has 2 saturated heterocycles. The zero-order chi connectivity index (χ0) is 14.4. The summed E-state index contributed by atoms with van der Waals surface area (Å²) in [6, 6.07) is 0.646. The summed E-state index contributed by atoms with van der Waals surface area (Å²) in [6.07, 6.45) is 3.10. The molecule has 2 aliphatic rings. The molecule has 0 spiro atoms. The first-order valence-corrected chi connectivity index (χ1v) is 8.47. The van der Waals surface area contributed by atoms with Crippen molar-refractivity contribution in [1.29, 1.82) is 0 Å². The molecule has 1 atom stereocenters. The third kappa shape index (κ3) is 4.99. The standard InChI is InChI=1S/C16H33N3O/c1-4-17-11-15-5-7-18(8-6-15)12-16-13-19(14(2)3)9-10-20-16/h14-17H,4-13H2,1-3H3. The maximum Gasteiger partial charge on any atom is 0.0829 e. The Balaban J connectivity index is 1.67.